The average molecular weight is 307 g/mol. The van der Waals surface area contributed by atoms with Gasteiger partial charge in [0.25, 0.3) is 0 Å². The fourth-order valence-electron chi connectivity index (χ4n) is 2.62. The Kier molecular flexibility index (Phi) is 5.20. The van der Waals surface area contributed by atoms with Gasteiger partial charge in [0.05, 0.1) is 10.0 Å². The monoisotopic (exact) mass is 305 g/mol. The van der Waals surface area contributed by atoms with Crippen LogP contribution in [0.2, 0.25) is 15.1 Å². The Bertz CT molecular complexity index is 414. The van der Waals surface area contributed by atoms with Crippen molar-refractivity contribution in [3.63, 3.8) is 0 Å². The highest BCUT2D eigenvalue weighted by atomic mass is 35.5. The minimum atomic E-state index is 0.499. The molecule has 0 radical (unpaired) electrons. The van der Waals surface area contributed by atoms with E-state index in [1.165, 1.54) is 25.7 Å². The van der Waals surface area contributed by atoms with Crippen molar-refractivity contribution in [3.8, 4) is 0 Å². The summed E-state index contributed by atoms with van der Waals surface area (Å²) in [5.41, 5.74) is 0.899. The lowest BCUT2D eigenvalue weighted by atomic mass is 9.99. The zero-order valence-corrected chi connectivity index (χ0v) is 12.7. The van der Waals surface area contributed by atoms with Crippen LogP contribution in [0.15, 0.2) is 12.1 Å². The van der Waals surface area contributed by atoms with Crippen molar-refractivity contribution < 1.29 is 0 Å². The molecule has 0 aromatic heterocycles. The van der Waals surface area contributed by atoms with Crippen molar-refractivity contribution in [3.05, 3.63) is 32.8 Å². The highest BCUT2D eigenvalue weighted by Gasteiger charge is 2.21. The summed E-state index contributed by atoms with van der Waals surface area (Å²) >= 11 is 18.4. The van der Waals surface area contributed by atoms with E-state index in [0.29, 0.717) is 27.7 Å². The average Bonchev–Trinajstić information content (AvgIpc) is 2.87. The molecule has 0 amide bonds. The van der Waals surface area contributed by atoms with Gasteiger partial charge in [0.1, 0.15) is 0 Å². The second kappa shape index (κ2) is 6.47. The summed E-state index contributed by atoms with van der Waals surface area (Å²) in [4.78, 5) is 0. The van der Waals surface area contributed by atoms with Gasteiger partial charge in [-0.25, -0.2) is 0 Å². The van der Waals surface area contributed by atoms with Gasteiger partial charge in [-0.05, 0) is 37.8 Å². The fourth-order valence-corrected chi connectivity index (χ4v) is 3.30. The predicted octanol–water partition coefficient (Wildman–Crippen LogP) is 5.32. The van der Waals surface area contributed by atoms with E-state index in [4.69, 9.17) is 34.8 Å². The molecule has 0 aliphatic heterocycles. The van der Waals surface area contributed by atoms with Crippen molar-refractivity contribution in [2.75, 3.05) is 0 Å². The van der Waals surface area contributed by atoms with Crippen LogP contribution in [-0.2, 0) is 6.54 Å². The van der Waals surface area contributed by atoms with E-state index in [9.17, 15) is 0 Å². The lowest BCUT2D eigenvalue weighted by molar-refractivity contribution is 0.380. The highest BCUT2D eigenvalue weighted by molar-refractivity contribution is 6.44. The third-order valence-electron chi connectivity index (χ3n) is 3.85. The van der Waals surface area contributed by atoms with E-state index >= 15 is 0 Å². The van der Waals surface area contributed by atoms with Gasteiger partial charge >= 0.3 is 0 Å². The summed E-state index contributed by atoms with van der Waals surface area (Å²) < 4.78 is 0. The largest absolute Gasteiger partial charge is 0.310 e. The Morgan fingerprint density at radius 3 is 2.44 bits per heavy atom. The van der Waals surface area contributed by atoms with Gasteiger partial charge < -0.3 is 5.32 Å². The quantitative estimate of drug-likeness (QED) is 0.743. The van der Waals surface area contributed by atoms with Crippen LogP contribution in [0.4, 0.5) is 0 Å². The number of halogens is 3. The maximum atomic E-state index is 6.19. The number of hydrogen-bond donors (Lipinski definition) is 1. The van der Waals surface area contributed by atoms with E-state index in [1.807, 2.05) is 0 Å². The van der Waals surface area contributed by atoms with Crippen LogP contribution >= 0.6 is 34.8 Å². The molecule has 0 spiro atoms. The first-order chi connectivity index (χ1) is 8.59. The maximum absolute atomic E-state index is 6.19. The molecule has 18 heavy (non-hydrogen) atoms. The zero-order valence-electron chi connectivity index (χ0n) is 10.5. The van der Waals surface area contributed by atoms with Gasteiger partial charge in [-0.1, -0.05) is 47.6 Å². The molecule has 1 aliphatic carbocycles. The molecule has 1 atom stereocenters. The minimum absolute atomic E-state index is 0.499. The van der Waals surface area contributed by atoms with Crippen LogP contribution in [-0.4, -0.2) is 6.04 Å². The van der Waals surface area contributed by atoms with E-state index in [1.54, 1.807) is 12.1 Å². The third kappa shape index (κ3) is 3.33. The molecule has 0 unspecified atom stereocenters. The van der Waals surface area contributed by atoms with Crippen LogP contribution in [0.25, 0.3) is 0 Å². The van der Waals surface area contributed by atoms with Gasteiger partial charge in [-0.15, -0.1) is 0 Å². The second-order valence-corrected chi connectivity index (χ2v) is 6.23. The topological polar surface area (TPSA) is 12.0 Å². The second-order valence-electron chi connectivity index (χ2n) is 5.04. The highest BCUT2D eigenvalue weighted by Crippen LogP contribution is 2.32. The van der Waals surface area contributed by atoms with Crippen molar-refractivity contribution in [1.29, 1.82) is 0 Å². The number of benzene rings is 1. The van der Waals surface area contributed by atoms with Gasteiger partial charge in [-0.2, -0.15) is 0 Å². The lowest BCUT2D eigenvalue weighted by Gasteiger charge is -2.21. The third-order valence-corrected chi connectivity index (χ3v) is 5.04. The summed E-state index contributed by atoms with van der Waals surface area (Å²) in [5, 5.41) is 5.33. The normalized spacial score (nSPS) is 18.2. The van der Waals surface area contributed by atoms with Crippen LogP contribution < -0.4 is 5.32 Å². The van der Waals surface area contributed by atoms with E-state index < -0.39 is 0 Å². The smallest absolute Gasteiger partial charge is 0.0652 e. The molecule has 1 nitrogen and oxygen atoms in total. The van der Waals surface area contributed by atoms with Crippen LogP contribution in [0.5, 0.6) is 0 Å². The minimum Gasteiger partial charge on any atom is -0.310 e. The maximum Gasteiger partial charge on any atom is 0.0652 e. The molecule has 4 heteroatoms. The molecular formula is C14H18Cl3N. The Morgan fingerprint density at radius 2 is 1.78 bits per heavy atom. The van der Waals surface area contributed by atoms with E-state index in [0.717, 1.165) is 11.5 Å². The SMILES string of the molecule is C[C@@H](NCc1c(Cl)ccc(Cl)c1Cl)C1CCCC1. The van der Waals surface area contributed by atoms with Crippen LogP contribution in [0, 0.1) is 5.92 Å². The molecule has 0 heterocycles. The van der Waals surface area contributed by atoms with Crippen molar-refractivity contribution in [2.45, 2.75) is 45.2 Å². The standard InChI is InChI=1S/C14H18Cl3N/c1-9(10-4-2-3-5-10)18-8-11-12(15)6-7-13(16)14(11)17/h6-7,9-10,18H,2-5,8H2,1H3/t9-/m1/s1. The summed E-state index contributed by atoms with van der Waals surface area (Å²) in [6.07, 6.45) is 5.36. The molecule has 1 fully saturated rings. The van der Waals surface area contributed by atoms with Crippen molar-refractivity contribution in [2.24, 2.45) is 5.92 Å². The van der Waals surface area contributed by atoms with Gasteiger partial charge in [-0.3, -0.25) is 0 Å². The number of hydrogen-bond acceptors (Lipinski definition) is 1. The molecule has 2 rings (SSSR count). The van der Waals surface area contributed by atoms with Gasteiger partial charge in [0.15, 0.2) is 0 Å². The summed E-state index contributed by atoms with van der Waals surface area (Å²) in [5.74, 6) is 0.779. The Hall–Kier alpha value is 0.0500. The van der Waals surface area contributed by atoms with Gasteiger partial charge in [0, 0.05) is 23.2 Å². The number of rotatable bonds is 4. The van der Waals surface area contributed by atoms with Crippen LogP contribution in [0.3, 0.4) is 0 Å². The Labute approximate surface area is 124 Å². The Morgan fingerprint density at radius 1 is 1.17 bits per heavy atom. The molecule has 1 aliphatic rings. The molecule has 100 valence electrons. The fraction of sp³-hybridized carbons (Fsp3) is 0.571. The first kappa shape index (κ1) is 14.5. The van der Waals surface area contributed by atoms with Crippen LogP contribution in [0.1, 0.15) is 38.2 Å². The van der Waals surface area contributed by atoms with Gasteiger partial charge in [0.2, 0.25) is 0 Å². The van der Waals surface area contributed by atoms with E-state index in [-0.39, 0.29) is 0 Å². The summed E-state index contributed by atoms with van der Waals surface area (Å²) in [7, 11) is 0. The molecule has 1 N–H and O–H groups in total. The van der Waals surface area contributed by atoms with Crippen molar-refractivity contribution in [1.82, 2.24) is 5.32 Å². The molecule has 0 bridgehead atoms. The molecule has 1 aromatic rings. The molecular weight excluding hydrogens is 289 g/mol. The molecule has 1 saturated carbocycles. The summed E-state index contributed by atoms with van der Waals surface area (Å²) in [6.45, 7) is 2.91. The predicted molar refractivity (Wildman–Crippen MR) is 79.7 cm³/mol. The van der Waals surface area contributed by atoms with Crippen molar-refractivity contribution >= 4 is 34.8 Å². The zero-order chi connectivity index (χ0) is 13.1. The Balaban J connectivity index is 1.99. The first-order valence-electron chi connectivity index (χ1n) is 6.45. The number of nitrogens with one attached hydrogen (secondary N) is 1. The lowest BCUT2D eigenvalue weighted by Crippen LogP contribution is -2.31. The molecule has 0 saturated heterocycles. The first-order valence-corrected chi connectivity index (χ1v) is 7.58. The molecule has 1 aromatic carbocycles. The summed E-state index contributed by atoms with van der Waals surface area (Å²) in [6, 6.07) is 4.03. The van der Waals surface area contributed by atoms with E-state index in [2.05, 4.69) is 12.2 Å².